The molecule has 1 N–H and O–H groups in total. The fraction of sp³-hybridized carbons (Fsp3) is 0.174. The third kappa shape index (κ3) is 3.17. The van der Waals surface area contributed by atoms with Gasteiger partial charge in [-0.05, 0) is 37.1 Å². The van der Waals surface area contributed by atoms with Crippen LogP contribution in [-0.2, 0) is 9.53 Å². The maximum atomic E-state index is 14.7. The molecule has 0 spiro atoms. The SMILES string of the molecule is O=C(Nc1ccc(-c2ccccc2F)c(F)c1)C1=C(c2cnccn2)C2CCC1O2. The van der Waals surface area contributed by atoms with Crippen molar-refractivity contribution in [2.24, 2.45) is 0 Å². The molecule has 3 heterocycles. The molecular weight excluding hydrogens is 388 g/mol. The number of carbonyl (C=O) groups is 1. The smallest absolute Gasteiger partial charge is 0.254 e. The van der Waals surface area contributed by atoms with Crippen molar-refractivity contribution in [2.45, 2.75) is 25.0 Å². The molecule has 1 saturated heterocycles. The van der Waals surface area contributed by atoms with Crippen molar-refractivity contribution in [3.05, 3.63) is 84.0 Å². The van der Waals surface area contributed by atoms with Crippen molar-refractivity contribution in [3.8, 4) is 11.1 Å². The highest BCUT2D eigenvalue weighted by molar-refractivity contribution is 6.11. The van der Waals surface area contributed by atoms with Gasteiger partial charge in [-0.2, -0.15) is 0 Å². The molecule has 5 nitrogen and oxygen atoms in total. The molecule has 2 bridgehead atoms. The zero-order valence-corrected chi connectivity index (χ0v) is 15.8. The summed E-state index contributed by atoms with van der Waals surface area (Å²) >= 11 is 0. The molecule has 1 amide bonds. The molecule has 0 saturated carbocycles. The minimum Gasteiger partial charge on any atom is -0.365 e. The van der Waals surface area contributed by atoms with E-state index in [0.717, 1.165) is 18.4 Å². The van der Waals surface area contributed by atoms with Gasteiger partial charge in [-0.3, -0.25) is 14.8 Å². The number of ether oxygens (including phenoxy) is 1. The van der Waals surface area contributed by atoms with Crippen LogP contribution < -0.4 is 5.32 Å². The molecule has 2 aliphatic rings. The Morgan fingerprint density at radius 3 is 2.57 bits per heavy atom. The quantitative estimate of drug-likeness (QED) is 0.700. The highest BCUT2D eigenvalue weighted by atomic mass is 19.1. The second kappa shape index (κ2) is 7.42. The van der Waals surface area contributed by atoms with Crippen LogP contribution in [0.15, 0.2) is 66.6 Å². The molecule has 2 aliphatic heterocycles. The van der Waals surface area contributed by atoms with E-state index >= 15 is 0 Å². The number of hydrogen-bond acceptors (Lipinski definition) is 4. The monoisotopic (exact) mass is 405 g/mol. The molecular formula is C23H17F2N3O2. The number of aromatic nitrogens is 2. The zero-order chi connectivity index (χ0) is 20.7. The average Bonchev–Trinajstić information content (AvgIpc) is 3.37. The Morgan fingerprint density at radius 2 is 1.80 bits per heavy atom. The first-order valence-corrected chi connectivity index (χ1v) is 9.63. The second-order valence-electron chi connectivity index (χ2n) is 7.24. The normalized spacial score (nSPS) is 19.9. The van der Waals surface area contributed by atoms with Gasteiger partial charge in [0.25, 0.3) is 5.91 Å². The first-order valence-electron chi connectivity index (χ1n) is 9.63. The lowest BCUT2D eigenvalue weighted by Gasteiger charge is -2.16. The lowest BCUT2D eigenvalue weighted by Crippen LogP contribution is -2.23. The lowest BCUT2D eigenvalue weighted by molar-refractivity contribution is -0.113. The van der Waals surface area contributed by atoms with Crippen LogP contribution in [-0.4, -0.2) is 28.1 Å². The van der Waals surface area contributed by atoms with Gasteiger partial charge in [-0.1, -0.05) is 18.2 Å². The van der Waals surface area contributed by atoms with E-state index in [0.29, 0.717) is 11.3 Å². The van der Waals surface area contributed by atoms with Crippen LogP contribution in [0.4, 0.5) is 14.5 Å². The Kier molecular flexibility index (Phi) is 4.59. The largest absolute Gasteiger partial charge is 0.365 e. The van der Waals surface area contributed by atoms with Crippen LogP contribution in [0.2, 0.25) is 0 Å². The number of hydrogen-bond donors (Lipinski definition) is 1. The summed E-state index contributed by atoms with van der Waals surface area (Å²) < 4.78 is 34.6. The Bertz CT molecular complexity index is 1160. The maximum absolute atomic E-state index is 14.7. The van der Waals surface area contributed by atoms with E-state index in [1.807, 2.05) is 0 Å². The minimum absolute atomic E-state index is 0.133. The summed E-state index contributed by atoms with van der Waals surface area (Å²) in [6, 6.07) is 10.2. The van der Waals surface area contributed by atoms with E-state index in [-0.39, 0.29) is 34.9 Å². The Balaban J connectivity index is 1.45. The Morgan fingerprint density at radius 1 is 1.00 bits per heavy atom. The number of carbonyl (C=O) groups excluding carboxylic acids is 1. The predicted octanol–water partition coefficient (Wildman–Crippen LogP) is 4.38. The molecule has 2 aromatic carbocycles. The zero-order valence-electron chi connectivity index (χ0n) is 15.8. The summed E-state index contributed by atoms with van der Waals surface area (Å²) in [7, 11) is 0. The first-order chi connectivity index (χ1) is 14.6. The van der Waals surface area contributed by atoms with E-state index in [9.17, 15) is 13.6 Å². The van der Waals surface area contributed by atoms with Crippen LogP contribution >= 0.6 is 0 Å². The van der Waals surface area contributed by atoms with Gasteiger partial charge >= 0.3 is 0 Å². The van der Waals surface area contributed by atoms with Crippen LogP contribution in [0.25, 0.3) is 16.7 Å². The molecule has 1 fully saturated rings. The molecule has 1 aromatic heterocycles. The highest BCUT2D eigenvalue weighted by Gasteiger charge is 2.44. The van der Waals surface area contributed by atoms with Gasteiger partial charge in [0, 0.05) is 34.8 Å². The van der Waals surface area contributed by atoms with Crippen LogP contribution in [0.3, 0.4) is 0 Å². The second-order valence-corrected chi connectivity index (χ2v) is 7.24. The van der Waals surface area contributed by atoms with Crippen LogP contribution in [0, 0.1) is 11.6 Å². The standard InChI is InChI=1S/C23H17F2N3O2/c24-16-4-2-1-3-14(16)15-6-5-13(11-17(15)25)28-23(29)22-20-8-7-19(30-20)21(22)18-12-26-9-10-27-18/h1-6,9-12,19-20H,7-8H2,(H,28,29). The number of anilines is 1. The van der Waals surface area contributed by atoms with E-state index < -0.39 is 11.6 Å². The van der Waals surface area contributed by atoms with Crippen molar-refractivity contribution < 1.29 is 18.3 Å². The van der Waals surface area contributed by atoms with E-state index in [1.165, 1.54) is 24.3 Å². The van der Waals surface area contributed by atoms with Gasteiger partial charge in [0.1, 0.15) is 11.6 Å². The topological polar surface area (TPSA) is 64.1 Å². The first kappa shape index (κ1) is 18.6. The van der Waals surface area contributed by atoms with Gasteiger partial charge in [0.05, 0.1) is 29.7 Å². The number of rotatable bonds is 4. The Hall–Kier alpha value is -3.45. The lowest BCUT2D eigenvalue weighted by atomic mass is 9.89. The Labute approximate surface area is 171 Å². The third-order valence-electron chi connectivity index (χ3n) is 5.43. The van der Waals surface area contributed by atoms with Gasteiger partial charge in [0.15, 0.2) is 0 Å². The molecule has 2 atom stereocenters. The van der Waals surface area contributed by atoms with Crippen molar-refractivity contribution in [1.29, 1.82) is 0 Å². The molecule has 150 valence electrons. The van der Waals surface area contributed by atoms with Crippen molar-refractivity contribution in [2.75, 3.05) is 5.32 Å². The van der Waals surface area contributed by atoms with E-state index in [4.69, 9.17) is 4.74 Å². The average molecular weight is 405 g/mol. The summed E-state index contributed by atoms with van der Waals surface area (Å²) in [6.07, 6.45) is 5.81. The molecule has 0 aliphatic carbocycles. The number of halogens is 2. The van der Waals surface area contributed by atoms with Gasteiger partial charge in [-0.25, -0.2) is 8.78 Å². The molecule has 3 aromatic rings. The number of benzene rings is 2. The number of nitrogens with one attached hydrogen (secondary N) is 1. The fourth-order valence-electron chi connectivity index (χ4n) is 4.11. The van der Waals surface area contributed by atoms with Gasteiger partial charge in [-0.15, -0.1) is 0 Å². The molecule has 7 heteroatoms. The van der Waals surface area contributed by atoms with E-state index in [1.54, 1.807) is 36.8 Å². The third-order valence-corrected chi connectivity index (χ3v) is 5.43. The molecule has 2 unspecified atom stereocenters. The van der Waals surface area contributed by atoms with E-state index in [2.05, 4.69) is 15.3 Å². The van der Waals surface area contributed by atoms with Crippen molar-refractivity contribution in [1.82, 2.24) is 9.97 Å². The van der Waals surface area contributed by atoms with Crippen LogP contribution in [0.1, 0.15) is 18.5 Å². The fourth-order valence-corrected chi connectivity index (χ4v) is 4.11. The maximum Gasteiger partial charge on any atom is 0.254 e. The number of amides is 1. The summed E-state index contributed by atoms with van der Waals surface area (Å²) in [5.41, 5.74) is 2.43. The number of nitrogens with zero attached hydrogens (tertiary/aromatic N) is 2. The van der Waals surface area contributed by atoms with Crippen molar-refractivity contribution >= 4 is 17.2 Å². The summed E-state index contributed by atoms with van der Waals surface area (Å²) in [5, 5.41) is 2.74. The summed E-state index contributed by atoms with van der Waals surface area (Å²) in [5.74, 6) is -1.49. The highest BCUT2D eigenvalue weighted by Crippen LogP contribution is 2.44. The molecule has 30 heavy (non-hydrogen) atoms. The van der Waals surface area contributed by atoms with Crippen molar-refractivity contribution in [3.63, 3.8) is 0 Å². The summed E-state index contributed by atoms with van der Waals surface area (Å²) in [6.45, 7) is 0. The predicted molar refractivity (Wildman–Crippen MR) is 107 cm³/mol. The van der Waals surface area contributed by atoms with Gasteiger partial charge in [0.2, 0.25) is 0 Å². The minimum atomic E-state index is -0.620. The molecule has 5 rings (SSSR count). The number of fused-ring (bicyclic) bond motifs is 2. The van der Waals surface area contributed by atoms with Gasteiger partial charge < -0.3 is 10.1 Å². The summed E-state index contributed by atoms with van der Waals surface area (Å²) in [4.78, 5) is 21.4. The molecule has 0 radical (unpaired) electrons. The van der Waals surface area contributed by atoms with Crippen LogP contribution in [0.5, 0.6) is 0 Å².